The Kier molecular flexibility index (Phi) is 6.88. The van der Waals surface area contributed by atoms with E-state index in [9.17, 15) is 13.2 Å². The number of rotatable bonds is 7. The van der Waals surface area contributed by atoms with E-state index in [2.05, 4.69) is 19.6 Å². The molecule has 2 aromatic carbocycles. The van der Waals surface area contributed by atoms with Crippen molar-refractivity contribution in [3.8, 4) is 0 Å². The highest BCUT2D eigenvalue weighted by atomic mass is 32.2. The van der Waals surface area contributed by atoms with E-state index < -0.39 is 10.0 Å². The van der Waals surface area contributed by atoms with Gasteiger partial charge >= 0.3 is 0 Å². The molecular formula is C24H31N5O3S. The number of aromatic nitrogens is 2. The summed E-state index contributed by atoms with van der Waals surface area (Å²) in [5.74, 6) is 0.265. The third-order valence-corrected chi connectivity index (χ3v) is 7.20. The second kappa shape index (κ2) is 9.99. The maximum Gasteiger partial charge on any atom is 0.263 e. The van der Waals surface area contributed by atoms with Crippen molar-refractivity contribution >= 4 is 27.4 Å². The lowest BCUT2D eigenvalue weighted by atomic mass is 9.95. The van der Waals surface area contributed by atoms with Crippen molar-refractivity contribution < 1.29 is 16.1 Å². The van der Waals surface area contributed by atoms with Gasteiger partial charge in [-0.15, -0.1) is 0 Å². The zero-order valence-corrected chi connectivity index (χ0v) is 19.3. The Hall–Kier alpha value is -3.46. The molecule has 0 radical (unpaired) electrons. The number of benzene rings is 2. The van der Waals surface area contributed by atoms with Crippen LogP contribution in [0, 0.1) is 0 Å². The third-order valence-electron chi connectivity index (χ3n) is 5.83. The maximum atomic E-state index is 13.1. The molecule has 0 saturated carbocycles. The van der Waals surface area contributed by atoms with Crippen molar-refractivity contribution in [2.75, 3.05) is 35.8 Å². The number of carbonyl (C=O) groups excluding carboxylic acids is 1. The molecule has 1 saturated heterocycles. The molecule has 2 heterocycles. The van der Waals surface area contributed by atoms with Gasteiger partial charge in [-0.3, -0.25) is 9.52 Å². The predicted molar refractivity (Wildman–Crippen MR) is 132 cm³/mol. The number of anilines is 2. The highest BCUT2D eigenvalue weighted by Gasteiger charge is 2.27. The smallest absolute Gasteiger partial charge is 0.263 e. The van der Waals surface area contributed by atoms with Crippen LogP contribution >= 0.6 is 0 Å². The highest BCUT2D eigenvalue weighted by molar-refractivity contribution is 7.92. The third kappa shape index (κ3) is 5.31. The molecule has 8 nitrogen and oxygen atoms in total. The standard InChI is InChI=1S/C24H27N5O3S.2H2/c1-2-22(19-6-4-3-5-7-19)24(30)29-16-14-28(15-17-29)20-8-10-21(11-9-20)33(31,32)27-23-12-13-25-18-26-23;;/h3-13,18,22H,2,14-17H2,1H3,(H,25,26,27);2*1H/t22-;;/m0../s1. The summed E-state index contributed by atoms with van der Waals surface area (Å²) in [6.07, 6.45) is 3.52. The molecule has 0 unspecified atom stereocenters. The molecule has 176 valence electrons. The summed E-state index contributed by atoms with van der Waals surface area (Å²) < 4.78 is 27.6. The first-order valence-corrected chi connectivity index (χ1v) is 12.4. The van der Waals surface area contributed by atoms with Crippen LogP contribution in [-0.4, -0.2) is 55.4 Å². The maximum absolute atomic E-state index is 13.1. The number of amides is 1. The van der Waals surface area contributed by atoms with Crippen LogP contribution in [0.15, 0.2) is 78.1 Å². The van der Waals surface area contributed by atoms with Crippen LogP contribution in [0.4, 0.5) is 11.5 Å². The molecule has 1 amide bonds. The minimum atomic E-state index is -3.73. The molecule has 3 aromatic rings. The topological polar surface area (TPSA) is 95.5 Å². The van der Waals surface area contributed by atoms with Crippen molar-refractivity contribution in [1.29, 1.82) is 0 Å². The first-order valence-electron chi connectivity index (χ1n) is 11.0. The Balaban J connectivity index is 0.00000216. The quantitative estimate of drug-likeness (QED) is 0.568. The van der Waals surface area contributed by atoms with Gasteiger partial charge in [0.1, 0.15) is 12.1 Å². The van der Waals surface area contributed by atoms with Crippen LogP contribution in [0.2, 0.25) is 0 Å². The number of sulfonamides is 1. The molecule has 1 aliphatic heterocycles. The van der Waals surface area contributed by atoms with Crippen molar-refractivity contribution in [2.24, 2.45) is 0 Å². The van der Waals surface area contributed by atoms with Gasteiger partial charge in [-0.2, -0.15) is 0 Å². The molecule has 1 aromatic heterocycles. The summed E-state index contributed by atoms with van der Waals surface area (Å²) in [6.45, 7) is 4.71. The fraction of sp³-hybridized carbons (Fsp3) is 0.292. The largest absolute Gasteiger partial charge is 0.368 e. The predicted octanol–water partition coefficient (Wildman–Crippen LogP) is 3.61. The van der Waals surface area contributed by atoms with Gasteiger partial charge < -0.3 is 9.80 Å². The first-order chi connectivity index (χ1) is 16.0. The molecule has 33 heavy (non-hydrogen) atoms. The Morgan fingerprint density at radius 3 is 2.33 bits per heavy atom. The van der Waals surface area contributed by atoms with Gasteiger partial charge in [-0.05, 0) is 42.3 Å². The number of hydrogen-bond acceptors (Lipinski definition) is 6. The van der Waals surface area contributed by atoms with Crippen LogP contribution in [-0.2, 0) is 14.8 Å². The van der Waals surface area contributed by atoms with Gasteiger partial charge in [0.15, 0.2) is 0 Å². The average molecular weight is 470 g/mol. The van der Waals surface area contributed by atoms with Gasteiger partial charge in [-0.1, -0.05) is 37.3 Å². The molecule has 9 heteroatoms. The Bertz CT molecular complexity index is 1170. The van der Waals surface area contributed by atoms with E-state index in [0.29, 0.717) is 26.2 Å². The van der Waals surface area contributed by atoms with E-state index in [1.54, 1.807) is 24.3 Å². The molecule has 0 spiro atoms. The van der Waals surface area contributed by atoms with Gasteiger partial charge in [0.25, 0.3) is 10.0 Å². The Labute approximate surface area is 197 Å². The first kappa shape index (κ1) is 22.7. The summed E-state index contributed by atoms with van der Waals surface area (Å²) in [6, 6.07) is 18.2. The van der Waals surface area contributed by atoms with E-state index in [-0.39, 0.29) is 25.4 Å². The minimum absolute atomic E-state index is 0. The molecule has 4 rings (SSSR count). The van der Waals surface area contributed by atoms with Gasteiger partial charge in [-0.25, -0.2) is 18.4 Å². The van der Waals surface area contributed by atoms with Crippen molar-refractivity contribution in [3.63, 3.8) is 0 Å². The Morgan fingerprint density at radius 1 is 1.03 bits per heavy atom. The SMILES string of the molecule is CC[C@H](C(=O)N1CCN(c2ccc(S(=O)(=O)Nc3ccncn3)cc2)CC1)c1ccccc1.[HH].[HH]. The van der Waals surface area contributed by atoms with E-state index in [0.717, 1.165) is 17.7 Å². The minimum Gasteiger partial charge on any atom is -0.368 e. The van der Waals surface area contributed by atoms with Gasteiger partial charge in [0, 0.05) is 40.9 Å². The van der Waals surface area contributed by atoms with Gasteiger partial charge in [0.05, 0.1) is 10.8 Å². The normalized spacial score (nSPS) is 15.2. The molecular weight excluding hydrogens is 438 g/mol. The van der Waals surface area contributed by atoms with E-state index >= 15 is 0 Å². The molecule has 1 fully saturated rings. The van der Waals surface area contributed by atoms with E-state index in [1.165, 1.54) is 18.6 Å². The summed E-state index contributed by atoms with van der Waals surface area (Å²) in [5, 5.41) is 0. The number of hydrogen-bond donors (Lipinski definition) is 1. The molecule has 0 aliphatic carbocycles. The van der Waals surface area contributed by atoms with Crippen LogP contribution in [0.5, 0.6) is 0 Å². The molecule has 1 N–H and O–H groups in total. The summed E-state index contributed by atoms with van der Waals surface area (Å²) in [5.41, 5.74) is 1.98. The highest BCUT2D eigenvalue weighted by Crippen LogP contribution is 2.25. The second-order valence-corrected chi connectivity index (χ2v) is 9.56. The van der Waals surface area contributed by atoms with E-state index in [4.69, 9.17) is 0 Å². The van der Waals surface area contributed by atoms with Crippen molar-refractivity contribution in [2.45, 2.75) is 24.2 Å². The zero-order valence-electron chi connectivity index (χ0n) is 18.5. The molecule has 1 atom stereocenters. The van der Waals surface area contributed by atoms with Crippen LogP contribution < -0.4 is 9.62 Å². The second-order valence-electron chi connectivity index (χ2n) is 7.88. The van der Waals surface area contributed by atoms with Crippen molar-refractivity contribution in [1.82, 2.24) is 14.9 Å². The Morgan fingerprint density at radius 2 is 1.73 bits per heavy atom. The van der Waals surface area contributed by atoms with Crippen LogP contribution in [0.3, 0.4) is 0 Å². The zero-order chi connectivity index (χ0) is 23.3. The number of piperazine rings is 1. The number of nitrogens with zero attached hydrogens (tertiary/aromatic N) is 4. The molecule has 0 bridgehead atoms. The van der Waals surface area contributed by atoms with Crippen LogP contribution in [0.1, 0.15) is 27.7 Å². The lowest BCUT2D eigenvalue weighted by molar-refractivity contribution is -0.133. The van der Waals surface area contributed by atoms with E-state index in [1.807, 2.05) is 42.2 Å². The summed E-state index contributed by atoms with van der Waals surface area (Å²) in [4.78, 5) is 25.0. The van der Waals surface area contributed by atoms with Crippen molar-refractivity contribution in [3.05, 3.63) is 78.8 Å². The fourth-order valence-electron chi connectivity index (χ4n) is 4.03. The number of carbonyl (C=O) groups is 1. The lowest BCUT2D eigenvalue weighted by Gasteiger charge is -2.37. The average Bonchev–Trinajstić information content (AvgIpc) is 2.86. The lowest BCUT2D eigenvalue weighted by Crippen LogP contribution is -2.50. The monoisotopic (exact) mass is 469 g/mol. The fourth-order valence-corrected chi connectivity index (χ4v) is 5.04. The summed E-state index contributed by atoms with van der Waals surface area (Å²) >= 11 is 0. The molecule has 1 aliphatic rings. The summed E-state index contributed by atoms with van der Waals surface area (Å²) in [7, 11) is -3.73. The van der Waals surface area contributed by atoms with Gasteiger partial charge in [0.2, 0.25) is 5.91 Å². The number of nitrogens with one attached hydrogen (secondary N) is 1. The van der Waals surface area contributed by atoms with Crippen LogP contribution in [0.25, 0.3) is 0 Å².